The first-order valence-electron chi connectivity index (χ1n) is 5.49. The molecule has 2 nitrogen and oxygen atoms in total. The summed E-state index contributed by atoms with van der Waals surface area (Å²) >= 11 is 0. The van der Waals surface area contributed by atoms with Gasteiger partial charge in [-0.2, -0.15) is 0 Å². The van der Waals surface area contributed by atoms with Crippen LogP contribution >= 0.6 is 0 Å². The van der Waals surface area contributed by atoms with Crippen LogP contribution < -0.4 is 5.73 Å². The predicted octanol–water partition coefficient (Wildman–Crippen LogP) is 2.39. The van der Waals surface area contributed by atoms with Gasteiger partial charge in [-0.3, -0.25) is 0 Å². The molecule has 16 heavy (non-hydrogen) atoms. The normalized spacial score (nSPS) is 25.7. The second-order valence-corrected chi connectivity index (χ2v) is 4.10. The lowest BCUT2D eigenvalue weighted by atomic mass is 9.89. The molecule has 2 N–H and O–H groups in total. The van der Waals surface area contributed by atoms with Crippen LogP contribution in [0.1, 0.15) is 24.5 Å². The summed E-state index contributed by atoms with van der Waals surface area (Å²) in [6.07, 6.45) is 1.42. The summed E-state index contributed by atoms with van der Waals surface area (Å²) in [6.45, 7) is 1.01. The third kappa shape index (κ3) is 2.23. The highest BCUT2D eigenvalue weighted by atomic mass is 19.1. The minimum Gasteiger partial charge on any atom is -0.373 e. The van der Waals surface area contributed by atoms with Crippen molar-refractivity contribution < 1.29 is 13.5 Å². The number of nitrogens with two attached hydrogens (primary N) is 1. The van der Waals surface area contributed by atoms with E-state index < -0.39 is 17.7 Å². The molecule has 1 fully saturated rings. The van der Waals surface area contributed by atoms with Crippen molar-refractivity contribution in [3.63, 3.8) is 0 Å². The maximum atomic E-state index is 13.6. The Morgan fingerprint density at radius 2 is 2.19 bits per heavy atom. The third-order valence-electron chi connectivity index (χ3n) is 3.01. The summed E-state index contributed by atoms with van der Waals surface area (Å²) in [7, 11) is 0. The summed E-state index contributed by atoms with van der Waals surface area (Å²) < 4.78 is 32.2. The molecule has 0 radical (unpaired) electrons. The Balaban J connectivity index is 2.30. The standard InChI is InChI=1S/C12H15F2NO/c13-9-3-4-11(14)10(6-9)12-8(7-15)2-1-5-16-12/h3-4,6,8,12H,1-2,5,7,15H2. The molecule has 0 amide bonds. The second kappa shape index (κ2) is 4.89. The molecule has 0 spiro atoms. The molecule has 0 saturated carbocycles. The van der Waals surface area contributed by atoms with Crippen LogP contribution in [0.5, 0.6) is 0 Å². The van der Waals surface area contributed by atoms with Gasteiger partial charge in [0.05, 0.1) is 6.10 Å². The lowest BCUT2D eigenvalue weighted by Gasteiger charge is -2.31. The Morgan fingerprint density at radius 3 is 2.94 bits per heavy atom. The fourth-order valence-electron chi connectivity index (χ4n) is 2.16. The zero-order chi connectivity index (χ0) is 11.5. The maximum absolute atomic E-state index is 13.6. The van der Waals surface area contributed by atoms with Crippen molar-refractivity contribution in [2.45, 2.75) is 18.9 Å². The van der Waals surface area contributed by atoms with Crippen LogP contribution in [0, 0.1) is 17.6 Å². The predicted molar refractivity (Wildman–Crippen MR) is 56.8 cm³/mol. The van der Waals surface area contributed by atoms with Gasteiger partial charge in [0.15, 0.2) is 0 Å². The average Bonchev–Trinajstić information content (AvgIpc) is 2.32. The van der Waals surface area contributed by atoms with Crippen LogP contribution in [-0.4, -0.2) is 13.2 Å². The van der Waals surface area contributed by atoms with Gasteiger partial charge in [-0.05, 0) is 37.6 Å². The van der Waals surface area contributed by atoms with E-state index in [4.69, 9.17) is 10.5 Å². The molecule has 2 unspecified atom stereocenters. The van der Waals surface area contributed by atoms with Crippen LogP contribution in [0.15, 0.2) is 18.2 Å². The number of ether oxygens (including phenoxy) is 1. The van der Waals surface area contributed by atoms with Gasteiger partial charge in [-0.15, -0.1) is 0 Å². The van der Waals surface area contributed by atoms with Gasteiger partial charge in [-0.25, -0.2) is 8.78 Å². The smallest absolute Gasteiger partial charge is 0.129 e. The number of rotatable bonds is 2. The molecular weight excluding hydrogens is 212 g/mol. The average molecular weight is 227 g/mol. The van der Waals surface area contributed by atoms with Gasteiger partial charge in [0, 0.05) is 18.1 Å². The first-order valence-corrected chi connectivity index (χ1v) is 5.49. The van der Waals surface area contributed by atoms with Crippen LogP contribution in [-0.2, 0) is 4.74 Å². The molecule has 4 heteroatoms. The van der Waals surface area contributed by atoms with E-state index in [0.717, 1.165) is 25.0 Å². The largest absolute Gasteiger partial charge is 0.373 e. The minimum absolute atomic E-state index is 0.0741. The minimum atomic E-state index is -0.443. The van der Waals surface area contributed by atoms with Crippen molar-refractivity contribution in [2.75, 3.05) is 13.2 Å². The Morgan fingerprint density at radius 1 is 1.38 bits per heavy atom. The molecule has 1 saturated heterocycles. The molecular formula is C12H15F2NO. The molecule has 2 atom stereocenters. The highest BCUT2D eigenvalue weighted by Gasteiger charge is 2.28. The van der Waals surface area contributed by atoms with E-state index in [2.05, 4.69) is 0 Å². The van der Waals surface area contributed by atoms with Crippen molar-refractivity contribution in [3.05, 3.63) is 35.4 Å². The van der Waals surface area contributed by atoms with Gasteiger partial charge in [0.25, 0.3) is 0 Å². The summed E-state index contributed by atoms with van der Waals surface area (Å²) in [6, 6.07) is 3.45. The highest BCUT2D eigenvalue weighted by molar-refractivity contribution is 5.22. The van der Waals surface area contributed by atoms with Crippen LogP contribution in [0.3, 0.4) is 0 Å². The Bertz CT molecular complexity index is 370. The van der Waals surface area contributed by atoms with Gasteiger partial charge in [0.1, 0.15) is 11.6 Å². The summed E-state index contributed by atoms with van der Waals surface area (Å²) in [4.78, 5) is 0. The molecule has 0 aromatic heterocycles. The first kappa shape index (κ1) is 11.5. The van der Waals surface area contributed by atoms with E-state index in [1.807, 2.05) is 0 Å². The van der Waals surface area contributed by atoms with Gasteiger partial charge >= 0.3 is 0 Å². The summed E-state index contributed by atoms with van der Waals surface area (Å²) in [5.41, 5.74) is 5.91. The quantitative estimate of drug-likeness (QED) is 0.842. The first-order chi connectivity index (χ1) is 7.72. The van der Waals surface area contributed by atoms with E-state index in [1.165, 1.54) is 6.07 Å². The summed E-state index contributed by atoms with van der Waals surface area (Å²) in [5, 5.41) is 0. The third-order valence-corrected chi connectivity index (χ3v) is 3.01. The molecule has 88 valence electrons. The van der Waals surface area contributed by atoms with E-state index >= 15 is 0 Å². The highest BCUT2D eigenvalue weighted by Crippen LogP contribution is 2.34. The zero-order valence-electron chi connectivity index (χ0n) is 8.96. The molecule has 1 heterocycles. The molecule has 2 rings (SSSR count). The topological polar surface area (TPSA) is 35.2 Å². The number of hydrogen-bond donors (Lipinski definition) is 1. The van der Waals surface area contributed by atoms with Gasteiger partial charge in [0.2, 0.25) is 0 Å². The fourth-order valence-corrected chi connectivity index (χ4v) is 2.16. The van der Waals surface area contributed by atoms with Crippen molar-refractivity contribution in [1.82, 2.24) is 0 Å². The maximum Gasteiger partial charge on any atom is 0.129 e. The molecule has 1 aromatic rings. The molecule has 1 aliphatic rings. The monoisotopic (exact) mass is 227 g/mol. The second-order valence-electron chi connectivity index (χ2n) is 4.10. The van der Waals surface area contributed by atoms with E-state index in [0.29, 0.717) is 13.2 Å². The molecule has 0 aliphatic carbocycles. The molecule has 1 aromatic carbocycles. The Kier molecular flexibility index (Phi) is 3.51. The lowest BCUT2D eigenvalue weighted by molar-refractivity contribution is -0.0272. The van der Waals surface area contributed by atoms with E-state index in [1.54, 1.807) is 0 Å². The van der Waals surface area contributed by atoms with Crippen LogP contribution in [0.2, 0.25) is 0 Å². The lowest BCUT2D eigenvalue weighted by Crippen LogP contribution is -2.29. The Labute approximate surface area is 93.4 Å². The zero-order valence-corrected chi connectivity index (χ0v) is 8.96. The molecule has 0 bridgehead atoms. The van der Waals surface area contributed by atoms with Crippen molar-refractivity contribution in [2.24, 2.45) is 11.7 Å². The van der Waals surface area contributed by atoms with E-state index in [-0.39, 0.29) is 11.5 Å². The van der Waals surface area contributed by atoms with Gasteiger partial charge < -0.3 is 10.5 Å². The number of benzene rings is 1. The Hall–Kier alpha value is -1.00. The summed E-state index contributed by atoms with van der Waals surface area (Å²) in [5.74, 6) is -0.793. The molecule has 1 aliphatic heterocycles. The van der Waals surface area contributed by atoms with Crippen LogP contribution in [0.4, 0.5) is 8.78 Å². The van der Waals surface area contributed by atoms with E-state index in [9.17, 15) is 8.78 Å². The van der Waals surface area contributed by atoms with Crippen molar-refractivity contribution >= 4 is 0 Å². The van der Waals surface area contributed by atoms with Crippen molar-refractivity contribution in [3.8, 4) is 0 Å². The number of hydrogen-bond acceptors (Lipinski definition) is 2. The SMILES string of the molecule is NCC1CCCOC1c1cc(F)ccc1F. The van der Waals surface area contributed by atoms with Crippen molar-refractivity contribution in [1.29, 1.82) is 0 Å². The van der Waals surface area contributed by atoms with Gasteiger partial charge in [-0.1, -0.05) is 0 Å². The van der Waals surface area contributed by atoms with Crippen LogP contribution in [0.25, 0.3) is 0 Å². The number of halogens is 2. The fraction of sp³-hybridized carbons (Fsp3) is 0.500.